The number of ether oxygens (including phenoxy) is 1. The molecule has 0 N–H and O–H groups in total. The van der Waals surface area contributed by atoms with Crippen LogP contribution in [0.3, 0.4) is 0 Å². The predicted molar refractivity (Wildman–Crippen MR) is 50.0 cm³/mol. The van der Waals surface area contributed by atoms with Gasteiger partial charge in [-0.25, -0.2) is 0 Å². The van der Waals surface area contributed by atoms with Gasteiger partial charge in [-0.15, -0.1) is 13.2 Å². The molecular formula is C7HBrF3N3O3. The summed E-state index contributed by atoms with van der Waals surface area (Å²) in [5.74, 6) is -1.67. The summed E-state index contributed by atoms with van der Waals surface area (Å²) >= 11 is 2.63. The molecule has 0 aliphatic heterocycles. The second-order valence-corrected chi connectivity index (χ2v) is 3.34. The molecule has 6 nitrogen and oxygen atoms in total. The molecule has 0 fully saturated rings. The summed E-state index contributed by atoms with van der Waals surface area (Å²) in [6.07, 6.45) is -4.54. The van der Waals surface area contributed by atoms with E-state index in [0.29, 0.717) is 6.20 Å². The number of nitro groups is 1. The Morgan fingerprint density at radius 1 is 1.59 bits per heavy atom. The van der Waals surface area contributed by atoms with Crippen LogP contribution in [-0.4, -0.2) is 16.3 Å². The lowest BCUT2D eigenvalue weighted by molar-refractivity contribution is -0.390. The van der Waals surface area contributed by atoms with E-state index in [1.165, 1.54) is 6.07 Å². The Morgan fingerprint density at radius 3 is 2.59 bits per heavy atom. The number of aromatic nitrogens is 1. The van der Waals surface area contributed by atoms with Crippen LogP contribution in [0.25, 0.3) is 0 Å². The van der Waals surface area contributed by atoms with Crippen molar-refractivity contribution in [2.45, 2.75) is 6.36 Å². The molecule has 0 saturated heterocycles. The number of nitrogens with zero attached hydrogens (tertiary/aromatic N) is 3. The number of halogens is 4. The van der Waals surface area contributed by atoms with E-state index in [4.69, 9.17) is 5.26 Å². The van der Waals surface area contributed by atoms with Gasteiger partial charge in [-0.05, 0) is 25.8 Å². The van der Waals surface area contributed by atoms with Gasteiger partial charge in [0.15, 0.2) is 11.9 Å². The molecule has 0 saturated carbocycles. The van der Waals surface area contributed by atoms with E-state index in [1.807, 2.05) is 0 Å². The monoisotopic (exact) mass is 311 g/mol. The molecule has 0 aromatic carbocycles. The van der Waals surface area contributed by atoms with Gasteiger partial charge in [-0.2, -0.15) is 5.26 Å². The first-order valence-corrected chi connectivity index (χ1v) is 4.54. The maximum absolute atomic E-state index is 11.9. The number of rotatable bonds is 2. The largest absolute Gasteiger partial charge is 0.573 e. The first-order chi connectivity index (χ1) is 7.76. The number of hydrogen-bond acceptors (Lipinski definition) is 5. The van der Waals surface area contributed by atoms with Crippen LogP contribution in [0, 0.1) is 21.4 Å². The third-order valence-corrected chi connectivity index (χ3v) is 2.23. The summed E-state index contributed by atoms with van der Waals surface area (Å²) in [7, 11) is 0. The molecule has 0 aliphatic carbocycles. The fraction of sp³-hybridized carbons (Fsp3) is 0.143. The Bertz CT molecular complexity index is 512. The molecule has 0 aliphatic rings. The lowest BCUT2D eigenvalue weighted by Gasteiger charge is -2.09. The van der Waals surface area contributed by atoms with Gasteiger partial charge in [-0.3, -0.25) is 0 Å². The molecule has 0 spiro atoms. The third-order valence-electron chi connectivity index (χ3n) is 1.48. The Labute approximate surface area is 99.9 Å². The van der Waals surface area contributed by atoms with Crippen LogP contribution in [-0.2, 0) is 0 Å². The lowest BCUT2D eigenvalue weighted by Crippen LogP contribution is -2.18. The Hall–Kier alpha value is -1.89. The number of pyridine rings is 1. The molecule has 0 unspecified atom stereocenters. The van der Waals surface area contributed by atoms with Crippen LogP contribution < -0.4 is 4.74 Å². The Balaban J connectivity index is 3.33. The summed E-state index contributed by atoms with van der Waals surface area (Å²) in [6.45, 7) is 0. The number of alkyl halides is 3. The van der Waals surface area contributed by atoms with Crippen molar-refractivity contribution in [2.75, 3.05) is 0 Å². The topological polar surface area (TPSA) is 89.0 Å². The maximum Gasteiger partial charge on any atom is 0.573 e. The van der Waals surface area contributed by atoms with E-state index in [1.54, 1.807) is 0 Å². The van der Waals surface area contributed by atoms with Crippen molar-refractivity contribution in [1.82, 2.24) is 4.98 Å². The zero-order chi connectivity index (χ0) is 13.2. The standard InChI is InChI=1S/C7HBrF3N3O3/c8-5-3(1-12)4(17-7(9,10)11)2-13-6(5)14(15)16/h2H. The zero-order valence-electron chi connectivity index (χ0n) is 7.66. The first kappa shape index (κ1) is 13.2. The molecule has 1 rings (SSSR count). The molecule has 90 valence electrons. The zero-order valence-corrected chi connectivity index (χ0v) is 9.24. The van der Waals surface area contributed by atoms with Crippen molar-refractivity contribution >= 4 is 21.7 Å². The van der Waals surface area contributed by atoms with Crippen molar-refractivity contribution in [3.63, 3.8) is 0 Å². The van der Waals surface area contributed by atoms with Crippen molar-refractivity contribution in [1.29, 1.82) is 5.26 Å². The molecule has 17 heavy (non-hydrogen) atoms. The predicted octanol–water partition coefficient (Wildman–Crippen LogP) is 2.52. The molecular weight excluding hydrogens is 311 g/mol. The molecule has 0 amide bonds. The highest BCUT2D eigenvalue weighted by molar-refractivity contribution is 9.10. The fourth-order valence-electron chi connectivity index (χ4n) is 0.894. The van der Waals surface area contributed by atoms with Gasteiger partial charge in [0.2, 0.25) is 0 Å². The lowest BCUT2D eigenvalue weighted by atomic mass is 10.2. The highest BCUT2D eigenvalue weighted by Gasteiger charge is 2.34. The molecule has 1 heterocycles. The van der Waals surface area contributed by atoms with Crippen molar-refractivity contribution in [3.8, 4) is 11.8 Å². The Morgan fingerprint density at radius 2 is 2.18 bits per heavy atom. The van der Waals surface area contributed by atoms with E-state index in [0.717, 1.165) is 0 Å². The van der Waals surface area contributed by atoms with E-state index in [9.17, 15) is 23.3 Å². The Kier molecular flexibility index (Phi) is 3.52. The quantitative estimate of drug-likeness (QED) is 0.618. The van der Waals surface area contributed by atoms with E-state index in [-0.39, 0.29) is 0 Å². The van der Waals surface area contributed by atoms with E-state index >= 15 is 0 Å². The average Bonchev–Trinajstić information content (AvgIpc) is 2.15. The van der Waals surface area contributed by atoms with Gasteiger partial charge >= 0.3 is 12.2 Å². The average molecular weight is 312 g/mol. The van der Waals surface area contributed by atoms with E-state index in [2.05, 4.69) is 25.7 Å². The van der Waals surface area contributed by atoms with Crippen molar-refractivity contribution in [3.05, 3.63) is 26.3 Å². The molecule has 0 bridgehead atoms. The normalized spacial score (nSPS) is 10.8. The molecule has 1 aromatic heterocycles. The number of nitriles is 1. The van der Waals surface area contributed by atoms with Crippen molar-refractivity contribution in [2.24, 2.45) is 0 Å². The maximum atomic E-state index is 11.9. The van der Waals surface area contributed by atoms with Gasteiger partial charge in [0.05, 0.1) is 0 Å². The van der Waals surface area contributed by atoms with Gasteiger partial charge in [0.25, 0.3) is 0 Å². The SMILES string of the molecule is N#Cc1c(OC(F)(F)F)cnc([N+](=O)[O-])c1Br. The van der Waals surface area contributed by atoms with Crippen molar-refractivity contribution < 1.29 is 22.8 Å². The second-order valence-electron chi connectivity index (χ2n) is 2.55. The fourth-order valence-corrected chi connectivity index (χ4v) is 1.43. The molecule has 1 aromatic rings. The summed E-state index contributed by atoms with van der Waals surface area (Å²) in [4.78, 5) is 12.6. The van der Waals surface area contributed by atoms with Crippen LogP contribution >= 0.6 is 15.9 Å². The summed E-state index contributed by atoms with van der Waals surface area (Å²) < 4.78 is 38.9. The van der Waals surface area contributed by atoms with Gasteiger partial charge in [-0.1, -0.05) is 0 Å². The second kappa shape index (κ2) is 4.54. The van der Waals surface area contributed by atoms with Crippen LogP contribution in [0.15, 0.2) is 10.7 Å². The van der Waals surface area contributed by atoms with Crippen LogP contribution in [0.1, 0.15) is 5.56 Å². The van der Waals surface area contributed by atoms with Crippen LogP contribution in [0.5, 0.6) is 5.75 Å². The van der Waals surface area contributed by atoms with Crippen LogP contribution in [0.4, 0.5) is 19.0 Å². The third kappa shape index (κ3) is 3.04. The molecule has 0 radical (unpaired) electrons. The van der Waals surface area contributed by atoms with E-state index < -0.39 is 32.9 Å². The summed E-state index contributed by atoms with van der Waals surface area (Å²) in [5.41, 5.74) is -0.649. The molecule has 0 atom stereocenters. The highest BCUT2D eigenvalue weighted by Crippen LogP contribution is 2.34. The number of hydrogen-bond donors (Lipinski definition) is 0. The minimum Gasteiger partial charge on any atom is -0.400 e. The van der Waals surface area contributed by atoms with Crippen LogP contribution in [0.2, 0.25) is 0 Å². The minimum atomic E-state index is -5.01. The van der Waals surface area contributed by atoms with Gasteiger partial charge in [0.1, 0.15) is 16.1 Å². The van der Waals surface area contributed by atoms with Gasteiger partial charge < -0.3 is 14.9 Å². The minimum absolute atomic E-state index is 0.466. The molecule has 10 heteroatoms. The van der Waals surface area contributed by atoms with Gasteiger partial charge in [0, 0.05) is 0 Å². The highest BCUT2D eigenvalue weighted by atomic mass is 79.9. The summed E-state index contributed by atoms with van der Waals surface area (Å²) in [6, 6.07) is 1.37. The first-order valence-electron chi connectivity index (χ1n) is 3.75. The summed E-state index contributed by atoms with van der Waals surface area (Å²) in [5, 5.41) is 19.1. The smallest absolute Gasteiger partial charge is 0.400 e.